The highest BCUT2D eigenvalue weighted by Gasteiger charge is 2.24. The van der Waals surface area contributed by atoms with Crippen LogP contribution in [-0.2, 0) is 11.3 Å². The van der Waals surface area contributed by atoms with Crippen molar-refractivity contribution in [3.8, 4) is 11.5 Å². The normalized spacial score (nSPS) is 11.5. The number of aryl methyl sites for hydroxylation is 1. The number of nitrogens with one attached hydrogen (secondary N) is 2. The fraction of sp³-hybridized carbons (Fsp3) is 0.100. The number of amides is 1. The van der Waals surface area contributed by atoms with Gasteiger partial charge < -0.3 is 20.1 Å². The lowest BCUT2D eigenvalue weighted by molar-refractivity contribution is 0.102. The van der Waals surface area contributed by atoms with Gasteiger partial charge in [-0.2, -0.15) is 0 Å². The van der Waals surface area contributed by atoms with E-state index in [1.165, 1.54) is 0 Å². The summed E-state index contributed by atoms with van der Waals surface area (Å²) in [4.78, 5) is 22.4. The number of ether oxygens (including phenoxy) is 2. The number of hydrogen-bond donors (Lipinski definition) is 3. The van der Waals surface area contributed by atoms with E-state index in [9.17, 15) is 13.6 Å². The number of anilines is 5. The zero-order valence-corrected chi connectivity index (χ0v) is 23.3. The Labute approximate surface area is 239 Å². The molecule has 0 radical (unpaired) electrons. The van der Waals surface area contributed by atoms with Crippen LogP contribution < -0.4 is 24.4 Å². The number of hydrogen-bond acceptors (Lipinski definition) is 7. The van der Waals surface area contributed by atoms with Crippen molar-refractivity contribution < 1.29 is 23.0 Å². The molecule has 0 aliphatic carbocycles. The summed E-state index contributed by atoms with van der Waals surface area (Å²) in [6, 6.07) is 26.3. The number of benzene rings is 4. The van der Waals surface area contributed by atoms with Crippen LogP contribution in [0.25, 0.3) is 11.0 Å². The first-order chi connectivity index (χ1) is 19.9. The summed E-state index contributed by atoms with van der Waals surface area (Å²) >= 11 is -2.56. The molecule has 0 aliphatic heterocycles. The van der Waals surface area contributed by atoms with Crippen molar-refractivity contribution >= 4 is 56.9 Å². The van der Waals surface area contributed by atoms with E-state index in [0.717, 1.165) is 9.87 Å². The number of methoxy groups -OCH3 is 2. The third-order valence-electron chi connectivity index (χ3n) is 6.24. The number of carbonyl (C=O) groups is 1. The fourth-order valence-corrected chi connectivity index (χ4v) is 4.82. The monoisotopic (exact) mass is 569 g/mol. The average molecular weight is 570 g/mol. The van der Waals surface area contributed by atoms with Crippen LogP contribution in [0.3, 0.4) is 0 Å². The smallest absolute Gasteiger partial charge is 0.268 e. The molecule has 0 saturated heterocycles. The Kier molecular flexibility index (Phi) is 8.09. The molecule has 1 unspecified atom stereocenters. The number of aromatic nitrogens is 2. The van der Waals surface area contributed by atoms with Crippen molar-refractivity contribution in [2.45, 2.75) is 6.92 Å². The summed E-state index contributed by atoms with van der Waals surface area (Å²) < 4.78 is 35.3. The molecular weight excluding hydrogens is 542 g/mol. The van der Waals surface area contributed by atoms with Gasteiger partial charge in [0, 0.05) is 35.1 Å². The van der Waals surface area contributed by atoms with Crippen LogP contribution in [0.1, 0.15) is 15.9 Å². The first kappa shape index (κ1) is 27.6. The largest absolute Gasteiger partial charge is 0.497 e. The van der Waals surface area contributed by atoms with Crippen molar-refractivity contribution in [2.24, 2.45) is 0 Å². The molecule has 1 atom stereocenters. The van der Waals surface area contributed by atoms with Gasteiger partial charge in [-0.3, -0.25) is 9.35 Å². The third kappa shape index (κ3) is 6.11. The highest BCUT2D eigenvalue weighted by molar-refractivity contribution is 7.81. The molecule has 11 heteroatoms. The maximum atomic E-state index is 12.9. The van der Waals surface area contributed by atoms with Gasteiger partial charge in [-0.25, -0.2) is 18.5 Å². The lowest BCUT2D eigenvalue weighted by Gasteiger charge is -2.23. The molecule has 3 N–H and O–H groups in total. The van der Waals surface area contributed by atoms with E-state index in [-0.39, 0.29) is 17.5 Å². The number of para-hydroxylation sites is 2. The SMILES string of the molecule is COc1cc(Nc2nc3ccccc3nc2N(c2cccc(NC(=O)c3ccccc3C)c2)S(=O)O)cc(OC)c1. The van der Waals surface area contributed by atoms with E-state index in [1.54, 1.807) is 80.9 Å². The number of carbonyl (C=O) groups excluding carboxylic acids is 1. The second-order valence-electron chi connectivity index (χ2n) is 8.96. The predicted molar refractivity (Wildman–Crippen MR) is 161 cm³/mol. The van der Waals surface area contributed by atoms with Gasteiger partial charge in [0.1, 0.15) is 11.5 Å². The maximum Gasteiger partial charge on any atom is 0.268 e. The van der Waals surface area contributed by atoms with E-state index in [4.69, 9.17) is 19.4 Å². The lowest BCUT2D eigenvalue weighted by Crippen LogP contribution is -2.22. The minimum atomic E-state index is -2.56. The van der Waals surface area contributed by atoms with E-state index in [0.29, 0.717) is 45.2 Å². The van der Waals surface area contributed by atoms with E-state index in [1.807, 2.05) is 31.2 Å². The van der Waals surface area contributed by atoms with Gasteiger partial charge in [-0.15, -0.1) is 0 Å². The molecule has 0 bridgehead atoms. The third-order valence-corrected chi connectivity index (χ3v) is 6.94. The molecule has 5 aromatic rings. The Hall–Kier alpha value is -5.00. The second kappa shape index (κ2) is 12.0. The molecule has 41 heavy (non-hydrogen) atoms. The van der Waals surface area contributed by atoms with Gasteiger partial charge in [0.15, 0.2) is 11.6 Å². The second-order valence-corrected chi connectivity index (χ2v) is 9.78. The highest BCUT2D eigenvalue weighted by Crippen LogP contribution is 2.36. The van der Waals surface area contributed by atoms with Crippen molar-refractivity contribution in [2.75, 3.05) is 29.2 Å². The summed E-state index contributed by atoms with van der Waals surface area (Å²) in [6.45, 7) is 1.85. The molecule has 0 aliphatic rings. The van der Waals surface area contributed by atoms with Crippen LogP contribution in [0.5, 0.6) is 11.5 Å². The van der Waals surface area contributed by atoms with Gasteiger partial charge in [-0.05, 0) is 48.9 Å². The van der Waals surface area contributed by atoms with Crippen molar-refractivity contribution in [3.63, 3.8) is 0 Å². The minimum Gasteiger partial charge on any atom is -0.497 e. The molecular formula is C30H27N5O5S. The first-order valence-electron chi connectivity index (χ1n) is 12.5. The molecule has 0 fully saturated rings. The van der Waals surface area contributed by atoms with Gasteiger partial charge >= 0.3 is 0 Å². The summed E-state index contributed by atoms with van der Waals surface area (Å²) in [7, 11) is 3.09. The summed E-state index contributed by atoms with van der Waals surface area (Å²) in [6.07, 6.45) is 0. The molecule has 4 aromatic carbocycles. The fourth-order valence-electron chi connectivity index (χ4n) is 4.26. The van der Waals surface area contributed by atoms with E-state index < -0.39 is 11.3 Å². The predicted octanol–water partition coefficient (Wildman–Crippen LogP) is 6.23. The zero-order valence-electron chi connectivity index (χ0n) is 22.5. The highest BCUT2D eigenvalue weighted by atomic mass is 32.2. The molecule has 0 spiro atoms. The molecule has 10 nitrogen and oxygen atoms in total. The molecule has 1 heterocycles. The number of rotatable bonds is 9. The summed E-state index contributed by atoms with van der Waals surface area (Å²) in [5.41, 5.74) is 3.77. The quantitative estimate of drug-likeness (QED) is 0.179. The molecule has 1 aromatic heterocycles. The van der Waals surface area contributed by atoms with Crippen molar-refractivity contribution in [1.82, 2.24) is 9.97 Å². The lowest BCUT2D eigenvalue weighted by atomic mass is 10.1. The van der Waals surface area contributed by atoms with Crippen LogP contribution >= 0.6 is 0 Å². The average Bonchev–Trinajstić information content (AvgIpc) is 2.97. The van der Waals surface area contributed by atoms with Gasteiger partial charge in [0.2, 0.25) is 0 Å². The Morgan fingerprint density at radius 1 is 0.829 bits per heavy atom. The van der Waals surface area contributed by atoms with Gasteiger partial charge in [-0.1, -0.05) is 36.4 Å². The Morgan fingerprint density at radius 2 is 1.49 bits per heavy atom. The standard InChI is InChI=1S/C30H27N5O5S/c1-19-9-4-5-12-25(19)30(36)32-20-10-8-11-22(15-20)35(41(37)38)29-28(33-26-13-6-7-14-27(26)34-29)31-21-16-23(39-2)18-24(17-21)40-3/h4-18H,1-3H3,(H,31,33)(H,32,36)(H,37,38). The van der Waals surface area contributed by atoms with Gasteiger partial charge in [0.25, 0.3) is 17.2 Å². The molecule has 1 amide bonds. The summed E-state index contributed by atoms with van der Waals surface area (Å²) in [5, 5.41) is 6.07. The van der Waals surface area contributed by atoms with Crippen LogP contribution in [0.2, 0.25) is 0 Å². The van der Waals surface area contributed by atoms with Crippen molar-refractivity contribution in [3.05, 3.63) is 102 Å². The van der Waals surface area contributed by atoms with Crippen LogP contribution in [-0.4, -0.2) is 38.9 Å². The topological polar surface area (TPSA) is 126 Å². The van der Waals surface area contributed by atoms with Crippen LogP contribution in [0.15, 0.2) is 91.0 Å². The Bertz CT molecular complexity index is 1740. The molecule has 5 rings (SSSR count). The maximum absolute atomic E-state index is 12.9. The first-order valence-corrected chi connectivity index (χ1v) is 13.6. The minimum absolute atomic E-state index is 0.0914. The molecule has 0 saturated carbocycles. The Balaban J connectivity index is 1.58. The molecule has 208 valence electrons. The number of fused-ring (bicyclic) bond motifs is 1. The van der Waals surface area contributed by atoms with Crippen molar-refractivity contribution in [1.29, 1.82) is 0 Å². The van der Waals surface area contributed by atoms with Gasteiger partial charge in [0.05, 0.1) is 30.9 Å². The van der Waals surface area contributed by atoms with Crippen LogP contribution in [0.4, 0.5) is 28.7 Å². The number of nitrogens with zero attached hydrogens (tertiary/aromatic N) is 3. The summed E-state index contributed by atoms with van der Waals surface area (Å²) in [5.74, 6) is 1.10. The van der Waals surface area contributed by atoms with E-state index in [2.05, 4.69) is 10.6 Å². The zero-order chi connectivity index (χ0) is 28.9. The van der Waals surface area contributed by atoms with Crippen LogP contribution in [0, 0.1) is 6.92 Å². The Morgan fingerprint density at radius 3 is 2.15 bits per heavy atom. The van der Waals surface area contributed by atoms with E-state index >= 15 is 0 Å².